The highest BCUT2D eigenvalue weighted by molar-refractivity contribution is 5.93. The van der Waals surface area contributed by atoms with Crippen molar-refractivity contribution >= 4 is 17.7 Å². The van der Waals surface area contributed by atoms with Gasteiger partial charge in [0.1, 0.15) is 17.3 Å². The van der Waals surface area contributed by atoms with Gasteiger partial charge in [0.15, 0.2) is 0 Å². The predicted octanol–water partition coefficient (Wildman–Crippen LogP) is 1.54. The quantitative estimate of drug-likeness (QED) is 0.700. The minimum absolute atomic E-state index is 0.0893. The number of hydrogen-bond donors (Lipinski definition) is 1. The molecule has 9 nitrogen and oxygen atoms in total. The molecule has 3 aromatic heterocycles. The van der Waals surface area contributed by atoms with E-state index in [-0.39, 0.29) is 5.91 Å². The Kier molecular flexibility index (Phi) is 5.55. The molecule has 1 saturated heterocycles. The topological polar surface area (TPSA) is 100 Å². The molecule has 0 bridgehead atoms. The number of rotatable bonds is 5. The first-order valence-electron chi connectivity index (χ1n) is 9.49. The Hall–Kier alpha value is -3.62. The number of piperazine rings is 1. The van der Waals surface area contributed by atoms with Crippen molar-refractivity contribution in [2.24, 2.45) is 0 Å². The number of nitrogens with one attached hydrogen (secondary N) is 1. The van der Waals surface area contributed by atoms with Crippen molar-refractivity contribution in [3.8, 4) is 0 Å². The lowest BCUT2D eigenvalue weighted by atomic mass is 10.2. The van der Waals surface area contributed by atoms with Gasteiger partial charge >= 0.3 is 0 Å². The Bertz CT molecular complexity index is 959. The molecule has 1 fully saturated rings. The first-order valence-corrected chi connectivity index (χ1v) is 9.49. The average Bonchev–Trinajstić information content (AvgIpc) is 2.78. The Balaban J connectivity index is 1.40. The number of pyridine rings is 1. The second kappa shape index (κ2) is 8.59. The molecule has 0 spiro atoms. The molecule has 0 saturated carbocycles. The van der Waals surface area contributed by atoms with Gasteiger partial charge in [-0.15, -0.1) is 0 Å². The number of hydrogen-bond acceptors (Lipinski definition) is 8. The maximum absolute atomic E-state index is 13.0. The molecule has 0 aliphatic carbocycles. The van der Waals surface area contributed by atoms with E-state index in [1.54, 1.807) is 43.8 Å². The highest BCUT2D eigenvalue weighted by Gasteiger charge is 2.24. The molecule has 4 heterocycles. The van der Waals surface area contributed by atoms with Gasteiger partial charge in [-0.05, 0) is 24.6 Å². The highest BCUT2D eigenvalue weighted by atomic mass is 16.2. The van der Waals surface area contributed by atoms with Crippen molar-refractivity contribution < 1.29 is 4.79 Å². The first kappa shape index (κ1) is 18.7. The summed E-state index contributed by atoms with van der Waals surface area (Å²) >= 11 is 0. The lowest BCUT2D eigenvalue weighted by Crippen LogP contribution is -2.49. The summed E-state index contributed by atoms with van der Waals surface area (Å²) in [5, 5.41) is 3.24. The molecule has 0 aromatic carbocycles. The first-order chi connectivity index (χ1) is 14.2. The lowest BCUT2D eigenvalue weighted by molar-refractivity contribution is 0.0740. The van der Waals surface area contributed by atoms with Crippen molar-refractivity contribution in [1.29, 1.82) is 0 Å². The van der Waals surface area contributed by atoms with Gasteiger partial charge in [-0.2, -0.15) is 0 Å². The third-order valence-corrected chi connectivity index (χ3v) is 4.66. The van der Waals surface area contributed by atoms with Crippen LogP contribution in [0.15, 0.2) is 49.1 Å². The van der Waals surface area contributed by atoms with Gasteiger partial charge < -0.3 is 15.1 Å². The number of nitrogens with zero attached hydrogens (tertiary/aromatic N) is 7. The van der Waals surface area contributed by atoms with Crippen LogP contribution < -0.4 is 10.2 Å². The smallest absolute Gasteiger partial charge is 0.272 e. The molecule has 9 heteroatoms. The lowest BCUT2D eigenvalue weighted by Gasteiger charge is -2.34. The normalized spacial score (nSPS) is 14.0. The molecule has 4 rings (SSSR count). The van der Waals surface area contributed by atoms with Gasteiger partial charge in [-0.25, -0.2) is 19.9 Å². The van der Waals surface area contributed by atoms with Crippen LogP contribution in [-0.4, -0.2) is 61.9 Å². The second-order valence-electron chi connectivity index (χ2n) is 6.73. The van der Waals surface area contributed by atoms with Gasteiger partial charge in [0.2, 0.25) is 5.95 Å². The Morgan fingerprint density at radius 2 is 1.86 bits per heavy atom. The second-order valence-corrected chi connectivity index (χ2v) is 6.73. The molecule has 0 unspecified atom stereocenters. The molecule has 0 atom stereocenters. The molecular weight excluding hydrogens is 368 g/mol. The summed E-state index contributed by atoms with van der Waals surface area (Å²) in [5.41, 5.74) is 1.44. The van der Waals surface area contributed by atoms with Gasteiger partial charge in [0, 0.05) is 63.6 Å². The van der Waals surface area contributed by atoms with Crippen LogP contribution in [0.2, 0.25) is 0 Å². The summed E-state index contributed by atoms with van der Waals surface area (Å²) in [4.78, 5) is 38.3. The summed E-state index contributed by atoms with van der Waals surface area (Å²) in [6, 6.07) is 7.37. The molecule has 0 radical (unpaired) electrons. The van der Waals surface area contributed by atoms with Crippen LogP contribution in [0, 0.1) is 6.92 Å². The van der Waals surface area contributed by atoms with Gasteiger partial charge in [-0.1, -0.05) is 6.07 Å². The van der Waals surface area contributed by atoms with Crippen LogP contribution in [-0.2, 0) is 6.54 Å². The number of carbonyl (C=O) groups excluding carboxylic acids is 1. The maximum atomic E-state index is 13.0. The SMILES string of the molecule is Cc1nc(NCc2cccnc2)cc(C(=O)N2CCN(c3ncccn3)CC2)n1. The fraction of sp³-hybridized carbons (Fsp3) is 0.300. The van der Waals surface area contributed by atoms with Gasteiger partial charge in [-0.3, -0.25) is 9.78 Å². The molecule has 1 aliphatic rings. The summed E-state index contributed by atoms with van der Waals surface area (Å²) < 4.78 is 0. The minimum atomic E-state index is -0.0893. The van der Waals surface area contributed by atoms with Crippen molar-refractivity contribution in [3.05, 3.63) is 66.1 Å². The standard InChI is InChI=1S/C20H22N8O/c1-15-25-17(12-18(26-15)24-14-16-4-2-5-21-13-16)19(29)27-8-10-28(11-9-27)20-22-6-3-7-23-20/h2-7,12-13H,8-11,14H2,1H3,(H,24,25,26). The number of anilines is 2. The Labute approximate surface area is 168 Å². The van der Waals surface area contributed by atoms with E-state index >= 15 is 0 Å². The number of carbonyl (C=O) groups is 1. The zero-order chi connectivity index (χ0) is 20.1. The maximum Gasteiger partial charge on any atom is 0.272 e. The summed E-state index contributed by atoms with van der Waals surface area (Å²) in [6.07, 6.45) is 6.98. The van der Waals surface area contributed by atoms with Crippen LogP contribution in [0.4, 0.5) is 11.8 Å². The Morgan fingerprint density at radius 3 is 2.59 bits per heavy atom. The van der Waals surface area contributed by atoms with Crippen molar-refractivity contribution in [1.82, 2.24) is 29.8 Å². The number of aryl methyl sites for hydroxylation is 1. The van der Waals surface area contributed by atoms with Crippen LogP contribution in [0.3, 0.4) is 0 Å². The van der Waals surface area contributed by atoms with E-state index in [0.29, 0.717) is 56.0 Å². The third-order valence-electron chi connectivity index (χ3n) is 4.66. The highest BCUT2D eigenvalue weighted by Crippen LogP contribution is 2.14. The monoisotopic (exact) mass is 390 g/mol. The van der Waals surface area contributed by atoms with E-state index in [1.807, 2.05) is 17.0 Å². The average molecular weight is 390 g/mol. The van der Waals surface area contributed by atoms with E-state index < -0.39 is 0 Å². The van der Waals surface area contributed by atoms with E-state index in [1.165, 1.54) is 0 Å². The van der Waals surface area contributed by atoms with Crippen LogP contribution in [0.1, 0.15) is 21.9 Å². The van der Waals surface area contributed by atoms with Gasteiger partial charge in [0.05, 0.1) is 0 Å². The van der Waals surface area contributed by atoms with E-state index in [0.717, 1.165) is 5.56 Å². The molecule has 1 amide bonds. The van der Waals surface area contributed by atoms with Crippen LogP contribution in [0.25, 0.3) is 0 Å². The number of aromatic nitrogens is 5. The summed E-state index contributed by atoms with van der Waals surface area (Å²) in [5.74, 6) is 1.79. The van der Waals surface area contributed by atoms with Crippen LogP contribution in [0.5, 0.6) is 0 Å². The third kappa shape index (κ3) is 4.63. The molecule has 1 aliphatic heterocycles. The van der Waals surface area contributed by atoms with Crippen molar-refractivity contribution in [2.45, 2.75) is 13.5 Å². The van der Waals surface area contributed by atoms with E-state index in [9.17, 15) is 4.79 Å². The molecular formula is C20H22N8O. The summed E-state index contributed by atoms with van der Waals surface area (Å²) in [7, 11) is 0. The molecule has 29 heavy (non-hydrogen) atoms. The zero-order valence-electron chi connectivity index (χ0n) is 16.2. The largest absolute Gasteiger partial charge is 0.366 e. The van der Waals surface area contributed by atoms with E-state index in [2.05, 4.69) is 35.1 Å². The van der Waals surface area contributed by atoms with Crippen LogP contribution >= 0.6 is 0 Å². The number of amides is 1. The van der Waals surface area contributed by atoms with Gasteiger partial charge in [0.25, 0.3) is 5.91 Å². The zero-order valence-corrected chi connectivity index (χ0v) is 16.2. The molecule has 3 aromatic rings. The van der Waals surface area contributed by atoms with Crippen molar-refractivity contribution in [2.75, 3.05) is 36.4 Å². The minimum Gasteiger partial charge on any atom is -0.366 e. The van der Waals surface area contributed by atoms with Crippen molar-refractivity contribution in [3.63, 3.8) is 0 Å². The predicted molar refractivity (Wildman–Crippen MR) is 108 cm³/mol. The van der Waals surface area contributed by atoms with E-state index in [4.69, 9.17) is 0 Å². The fourth-order valence-electron chi connectivity index (χ4n) is 3.19. The molecule has 148 valence electrons. The summed E-state index contributed by atoms with van der Waals surface area (Å²) in [6.45, 7) is 4.93. The fourth-order valence-corrected chi connectivity index (χ4v) is 3.19. The molecule has 1 N–H and O–H groups in total. The Morgan fingerprint density at radius 1 is 1.07 bits per heavy atom.